The molecule has 1 saturated carbocycles. The summed E-state index contributed by atoms with van der Waals surface area (Å²) < 4.78 is 36.7. The number of rotatable bonds is 3. The Bertz CT molecular complexity index is 382. The van der Waals surface area contributed by atoms with E-state index in [4.69, 9.17) is 5.73 Å². The van der Waals surface area contributed by atoms with Crippen LogP contribution < -0.4 is 5.73 Å². The van der Waals surface area contributed by atoms with E-state index in [0.717, 1.165) is 18.4 Å². The van der Waals surface area contributed by atoms with Gasteiger partial charge in [0.15, 0.2) is 0 Å². The molecule has 1 aromatic carbocycles. The van der Waals surface area contributed by atoms with Gasteiger partial charge in [-0.2, -0.15) is 13.2 Å². The second kappa shape index (κ2) is 4.69. The highest BCUT2D eigenvalue weighted by atomic mass is 19.4. The Hall–Kier alpha value is -1.03. The van der Waals surface area contributed by atoms with Crippen LogP contribution in [-0.2, 0) is 0 Å². The van der Waals surface area contributed by atoms with Gasteiger partial charge < -0.3 is 5.73 Å². The average molecular weight is 243 g/mol. The van der Waals surface area contributed by atoms with Gasteiger partial charge in [-0.15, -0.1) is 0 Å². The first-order valence-corrected chi connectivity index (χ1v) is 5.88. The second-order valence-corrected chi connectivity index (χ2v) is 4.72. The molecule has 1 aliphatic rings. The summed E-state index contributed by atoms with van der Waals surface area (Å²) >= 11 is 0. The lowest BCUT2D eigenvalue weighted by Crippen LogP contribution is -2.20. The lowest BCUT2D eigenvalue weighted by atomic mass is 9.79. The van der Waals surface area contributed by atoms with Crippen molar-refractivity contribution in [3.63, 3.8) is 0 Å². The Morgan fingerprint density at radius 1 is 1.29 bits per heavy atom. The van der Waals surface area contributed by atoms with Crippen LogP contribution in [0.2, 0.25) is 0 Å². The summed E-state index contributed by atoms with van der Waals surface area (Å²) in [5.74, 6) is 0.521. The van der Waals surface area contributed by atoms with Crippen molar-refractivity contribution in [2.24, 2.45) is 5.73 Å². The third-order valence-corrected chi connectivity index (χ3v) is 3.37. The Morgan fingerprint density at radius 2 is 2.00 bits per heavy atom. The minimum absolute atomic E-state index is 0.521. The van der Waals surface area contributed by atoms with E-state index in [-0.39, 0.29) is 0 Å². The van der Waals surface area contributed by atoms with Gasteiger partial charge in [0.2, 0.25) is 0 Å². The standard InChI is InChI=1S/C13H16F3N/c14-13(15,16)8-12(17)11-6-2-5-10(7-11)9-3-1-4-9/h2,5-7,9,12H,1,3-4,8,17H2. The number of halogens is 3. The Morgan fingerprint density at radius 3 is 2.53 bits per heavy atom. The van der Waals surface area contributed by atoms with E-state index in [0.29, 0.717) is 11.5 Å². The molecule has 1 aromatic rings. The number of benzene rings is 1. The van der Waals surface area contributed by atoms with Gasteiger partial charge >= 0.3 is 6.18 Å². The molecule has 1 nitrogen and oxygen atoms in total. The molecule has 2 rings (SSSR count). The van der Waals surface area contributed by atoms with E-state index in [1.807, 2.05) is 12.1 Å². The van der Waals surface area contributed by atoms with Crippen molar-refractivity contribution in [2.45, 2.75) is 43.8 Å². The van der Waals surface area contributed by atoms with E-state index in [1.165, 1.54) is 6.42 Å². The van der Waals surface area contributed by atoms with Crippen LogP contribution in [0, 0.1) is 0 Å². The van der Waals surface area contributed by atoms with Crippen molar-refractivity contribution in [3.8, 4) is 0 Å². The molecule has 0 aliphatic heterocycles. The molecule has 0 saturated heterocycles. The van der Waals surface area contributed by atoms with Crippen LogP contribution in [0.4, 0.5) is 13.2 Å². The Balaban J connectivity index is 2.09. The molecular formula is C13H16F3N. The lowest BCUT2D eigenvalue weighted by Gasteiger charge is -2.26. The number of hydrogen-bond acceptors (Lipinski definition) is 1. The normalized spacial score (nSPS) is 18.8. The van der Waals surface area contributed by atoms with Crippen molar-refractivity contribution >= 4 is 0 Å². The maximum absolute atomic E-state index is 12.2. The Labute approximate surface area is 98.8 Å². The molecule has 0 heterocycles. The molecule has 1 fully saturated rings. The fraction of sp³-hybridized carbons (Fsp3) is 0.538. The summed E-state index contributed by atoms with van der Waals surface area (Å²) in [6.07, 6.45) is -1.67. The van der Waals surface area contributed by atoms with Gasteiger partial charge in [-0.1, -0.05) is 30.7 Å². The molecule has 4 heteroatoms. The minimum Gasteiger partial charge on any atom is -0.324 e. The zero-order chi connectivity index (χ0) is 12.5. The maximum atomic E-state index is 12.2. The molecule has 1 aliphatic carbocycles. The van der Waals surface area contributed by atoms with Gasteiger partial charge in [0.1, 0.15) is 0 Å². The Kier molecular flexibility index (Phi) is 3.43. The highest BCUT2D eigenvalue weighted by molar-refractivity contribution is 5.29. The molecule has 17 heavy (non-hydrogen) atoms. The predicted molar refractivity (Wildman–Crippen MR) is 60.6 cm³/mol. The molecule has 1 atom stereocenters. The van der Waals surface area contributed by atoms with Crippen LogP contribution in [0.5, 0.6) is 0 Å². The monoisotopic (exact) mass is 243 g/mol. The van der Waals surface area contributed by atoms with E-state index < -0.39 is 18.6 Å². The van der Waals surface area contributed by atoms with Gasteiger partial charge in [0.25, 0.3) is 0 Å². The molecule has 0 spiro atoms. The van der Waals surface area contributed by atoms with Gasteiger partial charge in [-0.25, -0.2) is 0 Å². The van der Waals surface area contributed by atoms with E-state index >= 15 is 0 Å². The van der Waals surface area contributed by atoms with Crippen molar-refractivity contribution in [2.75, 3.05) is 0 Å². The minimum atomic E-state index is -4.20. The lowest BCUT2D eigenvalue weighted by molar-refractivity contribution is -0.138. The summed E-state index contributed by atoms with van der Waals surface area (Å²) in [6, 6.07) is 6.35. The van der Waals surface area contributed by atoms with E-state index in [1.54, 1.807) is 12.1 Å². The molecule has 0 radical (unpaired) electrons. The van der Waals surface area contributed by atoms with Crippen molar-refractivity contribution < 1.29 is 13.2 Å². The van der Waals surface area contributed by atoms with Crippen molar-refractivity contribution in [1.82, 2.24) is 0 Å². The first-order chi connectivity index (χ1) is 7.96. The fourth-order valence-electron chi connectivity index (χ4n) is 2.15. The number of alkyl halides is 3. The molecule has 1 unspecified atom stereocenters. The third-order valence-electron chi connectivity index (χ3n) is 3.37. The maximum Gasteiger partial charge on any atom is 0.390 e. The van der Waals surface area contributed by atoms with Crippen molar-refractivity contribution in [1.29, 1.82) is 0 Å². The van der Waals surface area contributed by atoms with Crippen LogP contribution >= 0.6 is 0 Å². The van der Waals surface area contributed by atoms with Crippen LogP contribution in [0.1, 0.15) is 48.8 Å². The topological polar surface area (TPSA) is 26.0 Å². The number of nitrogens with two attached hydrogens (primary N) is 1. The van der Waals surface area contributed by atoms with E-state index in [2.05, 4.69) is 0 Å². The van der Waals surface area contributed by atoms with Crippen LogP contribution in [0.15, 0.2) is 24.3 Å². The van der Waals surface area contributed by atoms with Crippen LogP contribution in [-0.4, -0.2) is 6.18 Å². The predicted octanol–water partition coefficient (Wildman–Crippen LogP) is 3.91. The molecule has 2 N–H and O–H groups in total. The number of hydrogen-bond donors (Lipinski definition) is 1. The largest absolute Gasteiger partial charge is 0.390 e. The van der Waals surface area contributed by atoms with E-state index in [9.17, 15) is 13.2 Å². The van der Waals surface area contributed by atoms with Crippen LogP contribution in [0.25, 0.3) is 0 Å². The fourth-order valence-corrected chi connectivity index (χ4v) is 2.15. The van der Waals surface area contributed by atoms with Gasteiger partial charge in [-0.05, 0) is 29.9 Å². The summed E-state index contributed by atoms with van der Waals surface area (Å²) in [7, 11) is 0. The molecule has 0 bridgehead atoms. The zero-order valence-electron chi connectivity index (χ0n) is 9.50. The smallest absolute Gasteiger partial charge is 0.324 e. The highest BCUT2D eigenvalue weighted by Gasteiger charge is 2.31. The van der Waals surface area contributed by atoms with Crippen LogP contribution in [0.3, 0.4) is 0 Å². The third kappa shape index (κ3) is 3.22. The quantitative estimate of drug-likeness (QED) is 0.855. The molecular weight excluding hydrogens is 227 g/mol. The summed E-state index contributed by atoms with van der Waals surface area (Å²) in [5, 5.41) is 0. The molecule has 0 aromatic heterocycles. The molecule has 94 valence electrons. The van der Waals surface area contributed by atoms with Gasteiger partial charge in [0.05, 0.1) is 6.42 Å². The SMILES string of the molecule is NC(CC(F)(F)F)c1cccc(C2CCC2)c1. The van der Waals surface area contributed by atoms with Crippen molar-refractivity contribution in [3.05, 3.63) is 35.4 Å². The van der Waals surface area contributed by atoms with Gasteiger partial charge in [-0.3, -0.25) is 0 Å². The van der Waals surface area contributed by atoms with Gasteiger partial charge in [0, 0.05) is 6.04 Å². The summed E-state index contributed by atoms with van der Waals surface area (Å²) in [4.78, 5) is 0. The first-order valence-electron chi connectivity index (χ1n) is 5.88. The zero-order valence-corrected chi connectivity index (χ0v) is 9.50. The average Bonchev–Trinajstić information content (AvgIpc) is 2.12. The second-order valence-electron chi connectivity index (χ2n) is 4.72. The molecule has 0 amide bonds. The highest BCUT2D eigenvalue weighted by Crippen LogP contribution is 2.37. The summed E-state index contributed by atoms with van der Waals surface area (Å²) in [5.41, 5.74) is 7.31. The summed E-state index contributed by atoms with van der Waals surface area (Å²) in [6.45, 7) is 0. The first kappa shape index (κ1) is 12.4.